The van der Waals surface area contributed by atoms with Crippen LogP contribution in [0.1, 0.15) is 5.56 Å². The number of hydrogen-bond acceptors (Lipinski definition) is 2. The third-order valence-corrected chi connectivity index (χ3v) is 2.62. The van der Waals surface area contributed by atoms with Crippen LogP contribution in [0.3, 0.4) is 0 Å². The van der Waals surface area contributed by atoms with Crippen LogP contribution in [-0.2, 0) is 4.79 Å². The largest absolute Gasteiger partial charge is 0.477 e. The van der Waals surface area contributed by atoms with Gasteiger partial charge in [0.05, 0.1) is 5.57 Å². The van der Waals surface area contributed by atoms with Crippen LogP contribution in [0.2, 0.25) is 0 Å². The molecule has 0 atom stereocenters. The Balaban J connectivity index is 2.58. The van der Waals surface area contributed by atoms with Gasteiger partial charge in [-0.05, 0) is 12.1 Å². The van der Waals surface area contributed by atoms with Crippen molar-refractivity contribution in [3.63, 3.8) is 0 Å². The fraction of sp³-hybridized carbons (Fsp3) is 0.250. The summed E-state index contributed by atoms with van der Waals surface area (Å²) in [4.78, 5) is 11.3. The monoisotopic (exact) mass is 239 g/mol. The summed E-state index contributed by atoms with van der Waals surface area (Å²) in [5.74, 6) is -0.467. The number of benzene rings is 1. The number of alkyl halides is 2. The van der Waals surface area contributed by atoms with Gasteiger partial charge in [0.2, 0.25) is 5.91 Å². The van der Waals surface area contributed by atoms with Crippen molar-refractivity contribution in [2.24, 2.45) is 5.73 Å². The number of para-hydroxylation sites is 1. The Bertz CT molecular complexity index is 481. The zero-order valence-electron chi connectivity index (χ0n) is 8.95. The molecular weight excluding hydrogens is 228 g/mol. The van der Waals surface area contributed by atoms with Crippen LogP contribution in [0, 0.1) is 0 Å². The van der Waals surface area contributed by atoms with E-state index in [0.29, 0.717) is 5.56 Å². The second-order valence-electron chi connectivity index (χ2n) is 3.85. The average molecular weight is 239 g/mol. The van der Waals surface area contributed by atoms with Gasteiger partial charge in [-0.2, -0.15) is 0 Å². The van der Waals surface area contributed by atoms with Crippen molar-refractivity contribution in [2.75, 3.05) is 13.3 Å². The number of carbonyl (C=O) groups is 1. The number of carbonyl (C=O) groups excluding carboxylic acids is 1. The molecule has 0 saturated carbocycles. The van der Waals surface area contributed by atoms with E-state index in [1.165, 1.54) is 0 Å². The highest BCUT2D eigenvalue weighted by atomic mass is 19.1. The van der Waals surface area contributed by atoms with E-state index in [2.05, 4.69) is 0 Å². The maximum Gasteiger partial charge on any atom is 0.249 e. The first kappa shape index (κ1) is 11.6. The minimum absolute atomic E-state index is 0.0853. The maximum absolute atomic E-state index is 12.9. The van der Waals surface area contributed by atoms with Crippen LogP contribution in [0.5, 0.6) is 5.75 Å². The van der Waals surface area contributed by atoms with Crippen LogP contribution in [-0.4, -0.2) is 24.9 Å². The predicted molar refractivity (Wildman–Crippen MR) is 58.9 cm³/mol. The van der Waals surface area contributed by atoms with Crippen LogP contribution in [0.15, 0.2) is 30.3 Å². The van der Waals surface area contributed by atoms with E-state index >= 15 is 0 Å². The van der Waals surface area contributed by atoms with Gasteiger partial charge in [-0.1, -0.05) is 18.2 Å². The molecule has 1 aliphatic heterocycles. The van der Waals surface area contributed by atoms with Crippen LogP contribution >= 0.6 is 0 Å². The predicted octanol–water partition coefficient (Wildman–Crippen LogP) is 1.63. The molecule has 2 N–H and O–H groups in total. The summed E-state index contributed by atoms with van der Waals surface area (Å²) in [5, 5.41) is 0. The van der Waals surface area contributed by atoms with Gasteiger partial charge >= 0.3 is 0 Å². The SMILES string of the molecule is NC(=O)C1=CC(CF)(CF)Oc2ccccc21. The van der Waals surface area contributed by atoms with Gasteiger partial charge in [0.1, 0.15) is 19.1 Å². The highest BCUT2D eigenvalue weighted by Crippen LogP contribution is 2.36. The molecular formula is C12H11F2NO2. The first-order chi connectivity index (χ1) is 8.12. The van der Waals surface area contributed by atoms with E-state index in [1.807, 2.05) is 0 Å². The molecule has 0 unspecified atom stereocenters. The molecule has 1 amide bonds. The zero-order chi connectivity index (χ0) is 12.5. The molecule has 0 saturated heterocycles. The fourth-order valence-corrected chi connectivity index (χ4v) is 1.74. The molecule has 90 valence electrons. The Hall–Kier alpha value is -1.91. The highest BCUT2D eigenvalue weighted by molar-refractivity contribution is 6.20. The molecule has 5 heteroatoms. The summed E-state index contributed by atoms with van der Waals surface area (Å²) in [5.41, 5.74) is 4.01. The van der Waals surface area contributed by atoms with E-state index in [0.717, 1.165) is 6.08 Å². The van der Waals surface area contributed by atoms with Gasteiger partial charge in [-0.25, -0.2) is 8.78 Å². The third-order valence-electron chi connectivity index (χ3n) is 2.62. The molecule has 0 spiro atoms. The number of fused-ring (bicyclic) bond motifs is 1. The van der Waals surface area contributed by atoms with Gasteiger partial charge in [0.15, 0.2) is 5.60 Å². The van der Waals surface area contributed by atoms with Crippen molar-refractivity contribution < 1.29 is 18.3 Å². The fourth-order valence-electron chi connectivity index (χ4n) is 1.74. The molecule has 0 aromatic heterocycles. The molecule has 0 fully saturated rings. The Morgan fingerprint density at radius 1 is 1.29 bits per heavy atom. The molecule has 0 radical (unpaired) electrons. The average Bonchev–Trinajstić information content (AvgIpc) is 2.37. The smallest absolute Gasteiger partial charge is 0.249 e. The maximum atomic E-state index is 12.9. The van der Waals surface area contributed by atoms with Crippen LogP contribution < -0.4 is 10.5 Å². The second kappa shape index (κ2) is 4.16. The molecule has 1 aromatic rings. The second-order valence-corrected chi connectivity index (χ2v) is 3.85. The van der Waals surface area contributed by atoms with Gasteiger partial charge in [-0.3, -0.25) is 4.79 Å². The summed E-state index contributed by atoms with van der Waals surface area (Å²) in [6, 6.07) is 6.51. The van der Waals surface area contributed by atoms with E-state index < -0.39 is 24.9 Å². The number of primary amides is 1. The summed E-state index contributed by atoms with van der Waals surface area (Å²) < 4.78 is 31.1. The Labute approximate surface area is 96.9 Å². The standard InChI is InChI=1S/C12H11F2NO2/c13-6-12(7-14)5-9(11(15)16)8-3-1-2-4-10(8)17-12/h1-5H,6-7H2,(H2,15,16). The van der Waals surface area contributed by atoms with Crippen molar-refractivity contribution in [1.29, 1.82) is 0 Å². The summed E-state index contributed by atoms with van der Waals surface area (Å²) in [6.45, 7) is -2.12. The van der Waals surface area contributed by atoms with Crippen molar-refractivity contribution in [3.8, 4) is 5.75 Å². The van der Waals surface area contributed by atoms with Crippen molar-refractivity contribution >= 4 is 11.5 Å². The molecule has 1 aromatic carbocycles. The molecule has 1 aliphatic rings. The van der Waals surface area contributed by atoms with Crippen molar-refractivity contribution in [1.82, 2.24) is 0 Å². The third kappa shape index (κ3) is 1.88. The summed E-state index contributed by atoms with van der Waals surface area (Å²) in [7, 11) is 0. The van der Waals surface area contributed by atoms with Gasteiger partial charge < -0.3 is 10.5 Å². The Kier molecular flexibility index (Phi) is 2.83. The number of hydrogen-bond donors (Lipinski definition) is 1. The lowest BCUT2D eigenvalue weighted by Gasteiger charge is -2.31. The van der Waals surface area contributed by atoms with E-state index in [1.54, 1.807) is 24.3 Å². The first-order valence-corrected chi connectivity index (χ1v) is 5.05. The highest BCUT2D eigenvalue weighted by Gasteiger charge is 2.37. The molecule has 0 aliphatic carbocycles. The number of amides is 1. The van der Waals surface area contributed by atoms with Crippen LogP contribution in [0.4, 0.5) is 8.78 Å². The van der Waals surface area contributed by atoms with E-state index in [-0.39, 0.29) is 11.3 Å². The van der Waals surface area contributed by atoms with Crippen molar-refractivity contribution in [2.45, 2.75) is 5.60 Å². The molecule has 2 rings (SSSR count). The van der Waals surface area contributed by atoms with Crippen molar-refractivity contribution in [3.05, 3.63) is 35.9 Å². The van der Waals surface area contributed by atoms with Gasteiger partial charge in [-0.15, -0.1) is 0 Å². The number of rotatable bonds is 3. The zero-order valence-corrected chi connectivity index (χ0v) is 8.95. The van der Waals surface area contributed by atoms with E-state index in [4.69, 9.17) is 10.5 Å². The molecule has 3 nitrogen and oxygen atoms in total. The normalized spacial score (nSPS) is 16.7. The Morgan fingerprint density at radius 2 is 1.94 bits per heavy atom. The van der Waals surface area contributed by atoms with Gasteiger partial charge in [0, 0.05) is 5.56 Å². The molecule has 1 heterocycles. The molecule has 17 heavy (non-hydrogen) atoms. The summed E-state index contributed by atoms with van der Waals surface area (Å²) in [6.07, 6.45) is 1.12. The lowest BCUT2D eigenvalue weighted by Crippen LogP contribution is -2.42. The number of nitrogens with two attached hydrogens (primary N) is 1. The van der Waals surface area contributed by atoms with Gasteiger partial charge in [0.25, 0.3) is 0 Å². The number of halogens is 2. The minimum Gasteiger partial charge on any atom is -0.477 e. The minimum atomic E-state index is -1.74. The number of ether oxygens (including phenoxy) is 1. The summed E-state index contributed by atoms with van der Waals surface area (Å²) >= 11 is 0. The van der Waals surface area contributed by atoms with Crippen LogP contribution in [0.25, 0.3) is 5.57 Å². The lowest BCUT2D eigenvalue weighted by molar-refractivity contribution is -0.112. The lowest BCUT2D eigenvalue weighted by atomic mass is 9.93. The molecule has 0 bridgehead atoms. The quantitative estimate of drug-likeness (QED) is 0.871. The Morgan fingerprint density at radius 3 is 2.53 bits per heavy atom. The first-order valence-electron chi connectivity index (χ1n) is 5.05. The van der Waals surface area contributed by atoms with E-state index in [9.17, 15) is 13.6 Å². The topological polar surface area (TPSA) is 52.3 Å².